The molecule has 0 radical (unpaired) electrons. The summed E-state index contributed by atoms with van der Waals surface area (Å²) in [6.45, 7) is 0.420. The molecule has 1 atom stereocenters. The minimum atomic E-state index is -0.694. The summed E-state index contributed by atoms with van der Waals surface area (Å²) in [5.74, 6) is -0.170. The van der Waals surface area contributed by atoms with Crippen LogP contribution in [0.25, 0.3) is 5.52 Å². The predicted molar refractivity (Wildman–Crippen MR) is 70.0 cm³/mol. The van der Waals surface area contributed by atoms with Crippen molar-refractivity contribution in [2.75, 3.05) is 27.3 Å². The molecule has 0 spiro atoms. The summed E-state index contributed by atoms with van der Waals surface area (Å²) in [5.41, 5.74) is 1.27. The van der Waals surface area contributed by atoms with E-state index < -0.39 is 6.10 Å². The third kappa shape index (κ3) is 2.91. The van der Waals surface area contributed by atoms with Crippen LogP contribution in [0.5, 0.6) is 0 Å². The molecule has 1 N–H and O–H groups in total. The molecule has 0 aliphatic carbocycles. The summed E-state index contributed by atoms with van der Waals surface area (Å²) < 4.78 is 6.49. The molecule has 2 aromatic rings. The van der Waals surface area contributed by atoms with Crippen molar-refractivity contribution in [3.8, 4) is 0 Å². The van der Waals surface area contributed by atoms with Crippen LogP contribution in [0.15, 0.2) is 30.6 Å². The Labute approximate surface area is 111 Å². The van der Waals surface area contributed by atoms with E-state index >= 15 is 0 Å². The number of fused-ring (bicyclic) bond motifs is 1. The second-order valence-electron chi connectivity index (χ2n) is 4.38. The van der Waals surface area contributed by atoms with Crippen LogP contribution in [-0.4, -0.2) is 58.9 Å². The van der Waals surface area contributed by atoms with E-state index in [4.69, 9.17) is 4.74 Å². The van der Waals surface area contributed by atoms with Gasteiger partial charge in [0.15, 0.2) is 0 Å². The zero-order chi connectivity index (χ0) is 13.8. The first kappa shape index (κ1) is 13.5. The summed E-state index contributed by atoms with van der Waals surface area (Å²) in [5, 5.41) is 13.8. The number of pyridine rings is 1. The number of aromatic nitrogens is 2. The van der Waals surface area contributed by atoms with Crippen LogP contribution in [0.3, 0.4) is 0 Å². The summed E-state index contributed by atoms with van der Waals surface area (Å²) in [7, 11) is 3.16. The first-order valence-electron chi connectivity index (χ1n) is 5.98. The summed E-state index contributed by atoms with van der Waals surface area (Å²) in [4.78, 5) is 13.7. The highest BCUT2D eigenvalue weighted by molar-refractivity contribution is 6.00. The Kier molecular flexibility index (Phi) is 4.13. The lowest BCUT2D eigenvalue weighted by molar-refractivity contribution is 0.0381. The molecule has 19 heavy (non-hydrogen) atoms. The van der Waals surface area contributed by atoms with Crippen LogP contribution in [0.2, 0.25) is 0 Å². The normalized spacial score (nSPS) is 12.6. The SMILES string of the molecule is COCC(O)CN(C)C(=O)c1cnn2ccccc12. The monoisotopic (exact) mass is 263 g/mol. The van der Waals surface area contributed by atoms with E-state index in [1.54, 1.807) is 17.8 Å². The lowest BCUT2D eigenvalue weighted by atomic mass is 10.2. The van der Waals surface area contributed by atoms with Gasteiger partial charge >= 0.3 is 0 Å². The zero-order valence-corrected chi connectivity index (χ0v) is 11.0. The minimum Gasteiger partial charge on any atom is -0.389 e. The Morgan fingerprint density at radius 2 is 2.37 bits per heavy atom. The van der Waals surface area contributed by atoms with E-state index in [1.165, 1.54) is 18.2 Å². The van der Waals surface area contributed by atoms with Crippen LogP contribution in [0.1, 0.15) is 10.4 Å². The second kappa shape index (κ2) is 5.81. The van der Waals surface area contributed by atoms with Crippen molar-refractivity contribution in [3.05, 3.63) is 36.2 Å². The smallest absolute Gasteiger partial charge is 0.257 e. The van der Waals surface area contributed by atoms with E-state index in [-0.39, 0.29) is 19.1 Å². The van der Waals surface area contributed by atoms with Gasteiger partial charge in [0.25, 0.3) is 5.91 Å². The molecule has 0 saturated heterocycles. The number of hydrogen-bond acceptors (Lipinski definition) is 4. The maximum Gasteiger partial charge on any atom is 0.257 e. The zero-order valence-electron chi connectivity index (χ0n) is 11.0. The van der Waals surface area contributed by atoms with Gasteiger partial charge in [-0.15, -0.1) is 0 Å². The molecule has 2 heterocycles. The van der Waals surface area contributed by atoms with Crippen LogP contribution >= 0.6 is 0 Å². The number of hydrogen-bond donors (Lipinski definition) is 1. The van der Waals surface area contributed by atoms with Gasteiger partial charge in [-0.05, 0) is 12.1 Å². The van der Waals surface area contributed by atoms with Gasteiger partial charge < -0.3 is 14.7 Å². The number of rotatable bonds is 5. The summed E-state index contributed by atoms with van der Waals surface area (Å²) >= 11 is 0. The van der Waals surface area contributed by atoms with Gasteiger partial charge in [0.2, 0.25) is 0 Å². The van der Waals surface area contributed by atoms with Gasteiger partial charge in [-0.25, -0.2) is 4.52 Å². The van der Waals surface area contributed by atoms with Crippen LogP contribution in [0.4, 0.5) is 0 Å². The third-order valence-electron chi connectivity index (χ3n) is 2.85. The number of aliphatic hydroxyl groups is 1. The Morgan fingerprint density at radius 3 is 3.11 bits per heavy atom. The number of nitrogens with zero attached hydrogens (tertiary/aromatic N) is 3. The molecule has 0 aromatic carbocycles. The van der Waals surface area contributed by atoms with Gasteiger partial charge in [0, 0.05) is 26.9 Å². The fourth-order valence-electron chi connectivity index (χ4n) is 1.95. The molecule has 0 aliphatic heterocycles. The molecular formula is C13H17N3O3. The standard InChI is InChI=1S/C13H17N3O3/c1-15(8-10(17)9-19-2)13(18)11-7-14-16-6-4-3-5-12(11)16/h3-7,10,17H,8-9H2,1-2H3. The average molecular weight is 263 g/mol. The molecule has 0 fully saturated rings. The fraction of sp³-hybridized carbons (Fsp3) is 0.385. The van der Waals surface area contributed by atoms with Crippen molar-refractivity contribution in [2.45, 2.75) is 6.10 Å². The Hall–Kier alpha value is -1.92. The van der Waals surface area contributed by atoms with Crippen LogP contribution < -0.4 is 0 Å². The maximum atomic E-state index is 12.3. The molecule has 102 valence electrons. The molecule has 0 saturated carbocycles. The van der Waals surface area contributed by atoms with E-state index in [0.717, 1.165) is 5.52 Å². The predicted octanol–water partition coefficient (Wildman–Crippen LogP) is 0.414. The van der Waals surface area contributed by atoms with Crippen molar-refractivity contribution in [3.63, 3.8) is 0 Å². The number of carbonyl (C=O) groups excluding carboxylic acids is 1. The molecule has 2 aromatic heterocycles. The Bertz CT molecular complexity index is 567. The van der Waals surface area contributed by atoms with Gasteiger partial charge in [0.05, 0.1) is 30.0 Å². The van der Waals surface area contributed by atoms with Gasteiger partial charge in [-0.2, -0.15) is 5.10 Å². The Morgan fingerprint density at radius 1 is 1.58 bits per heavy atom. The highest BCUT2D eigenvalue weighted by Crippen LogP contribution is 2.12. The van der Waals surface area contributed by atoms with Crippen molar-refractivity contribution in [1.82, 2.24) is 14.5 Å². The van der Waals surface area contributed by atoms with E-state index in [0.29, 0.717) is 5.56 Å². The first-order chi connectivity index (χ1) is 9.13. The van der Waals surface area contributed by atoms with Crippen LogP contribution in [0, 0.1) is 0 Å². The number of ether oxygens (including phenoxy) is 1. The number of methoxy groups -OCH3 is 1. The van der Waals surface area contributed by atoms with Crippen molar-refractivity contribution < 1.29 is 14.6 Å². The van der Waals surface area contributed by atoms with Crippen molar-refractivity contribution >= 4 is 11.4 Å². The first-order valence-corrected chi connectivity index (χ1v) is 5.98. The number of likely N-dealkylation sites (N-methyl/N-ethyl adjacent to an activating group) is 1. The molecule has 1 unspecified atom stereocenters. The molecule has 0 aliphatic rings. The molecule has 0 bridgehead atoms. The highest BCUT2D eigenvalue weighted by atomic mass is 16.5. The van der Waals surface area contributed by atoms with Gasteiger partial charge in [-0.3, -0.25) is 4.79 Å². The van der Waals surface area contributed by atoms with Crippen molar-refractivity contribution in [1.29, 1.82) is 0 Å². The van der Waals surface area contributed by atoms with E-state index in [2.05, 4.69) is 5.10 Å². The fourth-order valence-corrected chi connectivity index (χ4v) is 1.95. The molecule has 6 nitrogen and oxygen atoms in total. The Balaban J connectivity index is 2.15. The molecular weight excluding hydrogens is 246 g/mol. The van der Waals surface area contributed by atoms with Gasteiger partial charge in [-0.1, -0.05) is 6.07 Å². The number of amides is 1. The number of carbonyl (C=O) groups is 1. The van der Waals surface area contributed by atoms with E-state index in [1.807, 2.05) is 18.2 Å². The third-order valence-corrected chi connectivity index (χ3v) is 2.85. The average Bonchev–Trinajstić information content (AvgIpc) is 2.81. The summed E-state index contributed by atoms with van der Waals surface area (Å²) in [6, 6.07) is 5.54. The maximum absolute atomic E-state index is 12.3. The highest BCUT2D eigenvalue weighted by Gasteiger charge is 2.18. The minimum absolute atomic E-state index is 0.170. The number of aliphatic hydroxyl groups excluding tert-OH is 1. The molecule has 1 amide bonds. The van der Waals surface area contributed by atoms with Crippen LogP contribution in [-0.2, 0) is 4.74 Å². The quantitative estimate of drug-likeness (QED) is 0.848. The lowest BCUT2D eigenvalue weighted by Crippen LogP contribution is -2.36. The van der Waals surface area contributed by atoms with Gasteiger partial charge in [0.1, 0.15) is 0 Å². The molecule has 6 heteroatoms. The van der Waals surface area contributed by atoms with Crippen molar-refractivity contribution in [2.24, 2.45) is 0 Å². The molecule has 2 rings (SSSR count). The summed E-state index contributed by atoms with van der Waals surface area (Å²) in [6.07, 6.45) is 2.63. The topological polar surface area (TPSA) is 67.1 Å². The largest absolute Gasteiger partial charge is 0.389 e. The lowest BCUT2D eigenvalue weighted by Gasteiger charge is -2.20. The van der Waals surface area contributed by atoms with E-state index in [9.17, 15) is 9.90 Å². The second-order valence-corrected chi connectivity index (χ2v) is 4.38.